The molecule has 0 radical (unpaired) electrons. The maximum Gasteiger partial charge on any atom is 0.240 e. The van der Waals surface area contributed by atoms with E-state index in [0.717, 1.165) is 6.29 Å². The SMILES string of the molecule is N#CCNC(=O)Cn1cc(C=O)c2cccnc21. The van der Waals surface area contributed by atoms with Crippen LogP contribution in [0.4, 0.5) is 0 Å². The van der Waals surface area contributed by atoms with Gasteiger partial charge in [-0.1, -0.05) is 0 Å². The molecule has 0 saturated heterocycles. The molecule has 6 heteroatoms. The molecule has 6 nitrogen and oxygen atoms in total. The van der Waals surface area contributed by atoms with Crippen LogP contribution < -0.4 is 5.32 Å². The highest BCUT2D eigenvalue weighted by Crippen LogP contribution is 2.17. The summed E-state index contributed by atoms with van der Waals surface area (Å²) in [4.78, 5) is 26.6. The molecule has 2 rings (SSSR count). The molecule has 2 heterocycles. The minimum Gasteiger partial charge on any atom is -0.341 e. The second kappa shape index (κ2) is 5.10. The fraction of sp³-hybridized carbons (Fsp3) is 0.167. The molecule has 1 N–H and O–H groups in total. The van der Waals surface area contributed by atoms with Crippen molar-refractivity contribution in [2.75, 3.05) is 6.54 Å². The first-order chi connectivity index (χ1) is 8.76. The molecule has 1 amide bonds. The number of hydrogen-bond acceptors (Lipinski definition) is 4. The Morgan fingerprint density at radius 3 is 3.17 bits per heavy atom. The van der Waals surface area contributed by atoms with Gasteiger partial charge in [-0.15, -0.1) is 0 Å². The van der Waals surface area contributed by atoms with E-state index in [1.807, 2.05) is 6.07 Å². The second-order valence-electron chi connectivity index (χ2n) is 3.64. The molecule has 0 atom stereocenters. The lowest BCUT2D eigenvalue weighted by molar-refractivity contribution is -0.121. The Hall–Kier alpha value is -2.68. The van der Waals surface area contributed by atoms with Crippen molar-refractivity contribution in [1.82, 2.24) is 14.9 Å². The number of carbonyl (C=O) groups is 2. The zero-order valence-electron chi connectivity index (χ0n) is 9.46. The van der Waals surface area contributed by atoms with Crippen LogP contribution in [0.5, 0.6) is 0 Å². The van der Waals surface area contributed by atoms with Crippen LogP contribution >= 0.6 is 0 Å². The van der Waals surface area contributed by atoms with Crippen molar-refractivity contribution < 1.29 is 9.59 Å². The van der Waals surface area contributed by atoms with Crippen molar-refractivity contribution in [3.63, 3.8) is 0 Å². The van der Waals surface area contributed by atoms with Crippen LogP contribution in [-0.4, -0.2) is 28.3 Å². The summed E-state index contributed by atoms with van der Waals surface area (Å²) in [6.45, 7) is -0.00493. The van der Waals surface area contributed by atoms with Crippen molar-refractivity contribution >= 4 is 23.2 Å². The largest absolute Gasteiger partial charge is 0.341 e. The molecule has 0 aliphatic heterocycles. The van der Waals surface area contributed by atoms with E-state index in [1.54, 1.807) is 29.1 Å². The van der Waals surface area contributed by atoms with E-state index in [-0.39, 0.29) is 19.0 Å². The van der Waals surface area contributed by atoms with Crippen LogP contribution in [0.2, 0.25) is 0 Å². The van der Waals surface area contributed by atoms with Gasteiger partial charge in [0.1, 0.15) is 18.7 Å². The van der Waals surface area contributed by atoms with E-state index in [4.69, 9.17) is 5.26 Å². The maximum absolute atomic E-state index is 11.5. The van der Waals surface area contributed by atoms with E-state index in [1.165, 1.54) is 0 Å². The van der Waals surface area contributed by atoms with Crippen molar-refractivity contribution in [3.05, 3.63) is 30.1 Å². The molecule has 0 aromatic carbocycles. The summed E-state index contributed by atoms with van der Waals surface area (Å²) >= 11 is 0. The minimum absolute atomic E-state index is 0.0308. The van der Waals surface area contributed by atoms with Crippen LogP contribution in [-0.2, 0) is 11.3 Å². The number of fused-ring (bicyclic) bond motifs is 1. The molecule has 0 bridgehead atoms. The number of nitriles is 1. The molecule has 90 valence electrons. The van der Waals surface area contributed by atoms with Crippen LogP contribution in [0.25, 0.3) is 11.0 Å². The first-order valence-corrected chi connectivity index (χ1v) is 5.29. The third-order valence-corrected chi connectivity index (χ3v) is 2.47. The van der Waals surface area contributed by atoms with Crippen LogP contribution in [0.1, 0.15) is 10.4 Å². The lowest BCUT2D eigenvalue weighted by Crippen LogP contribution is -2.27. The highest BCUT2D eigenvalue weighted by molar-refractivity contribution is 5.96. The predicted molar refractivity (Wildman–Crippen MR) is 63.7 cm³/mol. The molecule has 0 aliphatic rings. The fourth-order valence-electron chi connectivity index (χ4n) is 1.71. The van der Waals surface area contributed by atoms with Gasteiger partial charge >= 0.3 is 0 Å². The van der Waals surface area contributed by atoms with Gasteiger partial charge in [0.15, 0.2) is 6.29 Å². The van der Waals surface area contributed by atoms with Gasteiger partial charge in [0.05, 0.1) is 6.07 Å². The van der Waals surface area contributed by atoms with E-state index < -0.39 is 0 Å². The lowest BCUT2D eigenvalue weighted by Gasteiger charge is -2.03. The summed E-state index contributed by atoms with van der Waals surface area (Å²) in [5.41, 5.74) is 1.07. The summed E-state index contributed by atoms with van der Waals surface area (Å²) in [7, 11) is 0. The second-order valence-corrected chi connectivity index (χ2v) is 3.64. The minimum atomic E-state index is -0.295. The maximum atomic E-state index is 11.5. The van der Waals surface area contributed by atoms with E-state index in [9.17, 15) is 9.59 Å². The Balaban J connectivity index is 2.31. The van der Waals surface area contributed by atoms with Crippen molar-refractivity contribution in [1.29, 1.82) is 5.26 Å². The molecule has 0 unspecified atom stereocenters. The average molecular weight is 242 g/mol. The normalized spacial score (nSPS) is 9.94. The number of carbonyl (C=O) groups excluding carboxylic acids is 2. The van der Waals surface area contributed by atoms with Gasteiger partial charge in [-0.3, -0.25) is 9.59 Å². The topological polar surface area (TPSA) is 87.8 Å². The lowest BCUT2D eigenvalue weighted by atomic mass is 10.2. The molecule has 2 aromatic rings. The number of pyridine rings is 1. The Labute approximate surface area is 103 Å². The number of hydrogen-bond donors (Lipinski definition) is 1. The predicted octanol–water partition coefficient (Wildman–Crippen LogP) is 0.489. The molecular weight excluding hydrogens is 232 g/mol. The van der Waals surface area contributed by atoms with Gasteiger partial charge < -0.3 is 9.88 Å². The number of aldehydes is 1. The van der Waals surface area contributed by atoms with Gasteiger partial charge in [-0.25, -0.2) is 4.98 Å². The Morgan fingerprint density at radius 1 is 1.61 bits per heavy atom. The molecule has 0 aliphatic carbocycles. The Morgan fingerprint density at radius 2 is 2.44 bits per heavy atom. The fourth-order valence-corrected chi connectivity index (χ4v) is 1.71. The number of aromatic nitrogens is 2. The van der Waals surface area contributed by atoms with Crippen LogP contribution in [0.15, 0.2) is 24.5 Å². The third-order valence-electron chi connectivity index (χ3n) is 2.47. The first-order valence-electron chi connectivity index (χ1n) is 5.29. The monoisotopic (exact) mass is 242 g/mol. The van der Waals surface area contributed by atoms with Gasteiger partial charge in [-0.05, 0) is 12.1 Å². The number of nitrogens with zero attached hydrogens (tertiary/aromatic N) is 3. The smallest absolute Gasteiger partial charge is 0.240 e. The van der Waals surface area contributed by atoms with Crippen molar-refractivity contribution in [3.8, 4) is 6.07 Å². The Bertz CT molecular complexity index is 639. The van der Waals surface area contributed by atoms with Crippen molar-refractivity contribution in [2.45, 2.75) is 6.54 Å². The third kappa shape index (κ3) is 2.20. The summed E-state index contributed by atoms with van der Waals surface area (Å²) in [6, 6.07) is 5.33. The molecule has 0 spiro atoms. The summed E-state index contributed by atoms with van der Waals surface area (Å²) in [5, 5.41) is 11.5. The van der Waals surface area contributed by atoms with Gasteiger partial charge in [-0.2, -0.15) is 5.26 Å². The molecular formula is C12H10N4O2. The number of amides is 1. The zero-order valence-corrected chi connectivity index (χ0v) is 9.46. The summed E-state index contributed by atoms with van der Waals surface area (Å²) in [5.74, 6) is -0.295. The standard InChI is InChI=1S/C12H10N4O2/c13-3-5-14-11(18)7-16-6-9(8-17)10-2-1-4-15-12(10)16/h1-2,4,6,8H,5,7H2,(H,14,18). The number of rotatable bonds is 4. The first kappa shape index (κ1) is 11.8. The molecule has 2 aromatic heterocycles. The van der Waals surface area contributed by atoms with E-state index in [0.29, 0.717) is 16.6 Å². The average Bonchev–Trinajstić information content (AvgIpc) is 2.75. The molecule has 0 fully saturated rings. The van der Waals surface area contributed by atoms with Crippen molar-refractivity contribution in [2.24, 2.45) is 0 Å². The van der Waals surface area contributed by atoms with E-state index in [2.05, 4.69) is 10.3 Å². The molecule has 18 heavy (non-hydrogen) atoms. The number of nitrogens with one attached hydrogen (secondary N) is 1. The summed E-state index contributed by atoms with van der Waals surface area (Å²) in [6.07, 6.45) is 3.91. The highest BCUT2D eigenvalue weighted by Gasteiger charge is 2.10. The van der Waals surface area contributed by atoms with Gasteiger partial charge in [0, 0.05) is 23.3 Å². The van der Waals surface area contributed by atoms with Crippen LogP contribution in [0, 0.1) is 11.3 Å². The van der Waals surface area contributed by atoms with Crippen LogP contribution in [0.3, 0.4) is 0 Å². The Kier molecular flexibility index (Phi) is 3.34. The zero-order chi connectivity index (χ0) is 13.0. The highest BCUT2D eigenvalue weighted by atomic mass is 16.2. The van der Waals surface area contributed by atoms with Gasteiger partial charge in [0.25, 0.3) is 0 Å². The summed E-state index contributed by atoms with van der Waals surface area (Å²) < 4.78 is 1.59. The molecule has 0 saturated carbocycles. The van der Waals surface area contributed by atoms with E-state index >= 15 is 0 Å². The van der Waals surface area contributed by atoms with Gasteiger partial charge in [0.2, 0.25) is 5.91 Å². The quantitative estimate of drug-likeness (QED) is 0.624.